The Bertz CT molecular complexity index is 537. The Kier molecular flexibility index (Phi) is 4.02. The lowest BCUT2D eigenvalue weighted by molar-refractivity contribution is 0.599. The highest BCUT2D eigenvalue weighted by Gasteiger charge is 2.10. The van der Waals surface area contributed by atoms with Crippen LogP contribution in [0.4, 0.5) is 10.1 Å². The number of hydrogen-bond donors (Lipinski definition) is 1. The van der Waals surface area contributed by atoms with Crippen LogP contribution < -0.4 is 5.32 Å². The number of hydrogen-bond acceptors (Lipinski definition) is 1. The zero-order valence-electron chi connectivity index (χ0n) is 10.4. The molecular weight excluding hydrogens is 293 g/mol. The quantitative estimate of drug-likeness (QED) is 0.834. The highest BCUT2D eigenvalue weighted by molar-refractivity contribution is 9.10. The van der Waals surface area contributed by atoms with Crippen molar-refractivity contribution < 1.29 is 4.39 Å². The molecule has 2 rings (SSSR count). The third kappa shape index (κ3) is 3.10. The van der Waals surface area contributed by atoms with Crippen LogP contribution in [0.2, 0.25) is 0 Å². The average Bonchev–Trinajstić information content (AvgIpc) is 2.32. The molecule has 0 spiro atoms. The molecule has 94 valence electrons. The van der Waals surface area contributed by atoms with Gasteiger partial charge < -0.3 is 5.32 Å². The maximum Gasteiger partial charge on any atom is 0.129 e. The second-order valence-electron chi connectivity index (χ2n) is 4.40. The van der Waals surface area contributed by atoms with Crippen molar-refractivity contribution in [1.29, 1.82) is 0 Å². The molecule has 0 aliphatic carbocycles. The van der Waals surface area contributed by atoms with E-state index in [0.29, 0.717) is 5.56 Å². The molecule has 1 atom stereocenters. The van der Waals surface area contributed by atoms with Gasteiger partial charge in [-0.25, -0.2) is 4.39 Å². The molecule has 18 heavy (non-hydrogen) atoms. The molecule has 1 nitrogen and oxygen atoms in total. The van der Waals surface area contributed by atoms with Gasteiger partial charge in [0.1, 0.15) is 5.82 Å². The largest absolute Gasteiger partial charge is 0.378 e. The lowest BCUT2D eigenvalue weighted by Gasteiger charge is -2.16. The first-order chi connectivity index (χ1) is 8.56. The molecule has 0 radical (unpaired) electrons. The molecule has 0 amide bonds. The highest BCUT2D eigenvalue weighted by atomic mass is 79.9. The van der Waals surface area contributed by atoms with E-state index in [9.17, 15) is 4.39 Å². The molecule has 0 saturated carbocycles. The predicted octanol–water partition coefficient (Wildman–Crippen LogP) is 5.07. The van der Waals surface area contributed by atoms with Crippen LogP contribution in [0.15, 0.2) is 46.9 Å². The van der Waals surface area contributed by atoms with Crippen LogP contribution in [0.25, 0.3) is 0 Å². The van der Waals surface area contributed by atoms with Crippen LogP contribution in [-0.2, 0) is 0 Å². The molecule has 0 fully saturated rings. The normalized spacial score (nSPS) is 12.2. The zero-order chi connectivity index (χ0) is 13.1. The van der Waals surface area contributed by atoms with Crippen molar-refractivity contribution in [2.45, 2.75) is 19.9 Å². The van der Waals surface area contributed by atoms with E-state index in [1.54, 1.807) is 6.07 Å². The first kappa shape index (κ1) is 13.1. The molecular formula is C15H15BrFN. The van der Waals surface area contributed by atoms with Crippen LogP contribution >= 0.6 is 15.9 Å². The fourth-order valence-corrected chi connectivity index (χ4v) is 2.16. The van der Waals surface area contributed by atoms with Gasteiger partial charge in [-0.05, 0) is 38.1 Å². The smallest absolute Gasteiger partial charge is 0.129 e. The molecule has 2 aromatic rings. The Labute approximate surface area is 115 Å². The van der Waals surface area contributed by atoms with Gasteiger partial charge in [0.15, 0.2) is 0 Å². The number of aryl methyl sites for hydroxylation is 1. The van der Waals surface area contributed by atoms with E-state index < -0.39 is 0 Å². The molecule has 0 aliphatic rings. The maximum absolute atomic E-state index is 13.8. The van der Waals surface area contributed by atoms with Crippen molar-refractivity contribution in [2.24, 2.45) is 0 Å². The summed E-state index contributed by atoms with van der Waals surface area (Å²) < 4.78 is 14.6. The van der Waals surface area contributed by atoms with E-state index in [2.05, 4.69) is 21.2 Å². The Morgan fingerprint density at radius 1 is 1.11 bits per heavy atom. The first-order valence-corrected chi connectivity index (χ1v) is 6.64. The summed E-state index contributed by atoms with van der Waals surface area (Å²) in [4.78, 5) is 0. The second-order valence-corrected chi connectivity index (χ2v) is 5.31. The second kappa shape index (κ2) is 5.53. The summed E-state index contributed by atoms with van der Waals surface area (Å²) in [5.74, 6) is -0.198. The fourth-order valence-electron chi connectivity index (χ4n) is 1.83. The summed E-state index contributed by atoms with van der Waals surface area (Å²) in [7, 11) is 0. The third-order valence-corrected chi connectivity index (χ3v) is 3.36. The highest BCUT2D eigenvalue weighted by Crippen LogP contribution is 2.24. The first-order valence-electron chi connectivity index (χ1n) is 5.84. The molecule has 3 heteroatoms. The van der Waals surface area contributed by atoms with Gasteiger partial charge in [-0.3, -0.25) is 0 Å². The third-order valence-electron chi connectivity index (χ3n) is 2.86. The molecule has 1 N–H and O–H groups in total. The van der Waals surface area contributed by atoms with Crippen LogP contribution in [0, 0.1) is 12.7 Å². The zero-order valence-corrected chi connectivity index (χ0v) is 12.0. The van der Waals surface area contributed by atoms with Gasteiger partial charge in [0.05, 0.1) is 6.04 Å². The average molecular weight is 308 g/mol. The van der Waals surface area contributed by atoms with Crippen molar-refractivity contribution in [1.82, 2.24) is 0 Å². The minimum atomic E-state index is -0.198. The monoisotopic (exact) mass is 307 g/mol. The van der Waals surface area contributed by atoms with Crippen molar-refractivity contribution in [3.05, 3.63) is 63.9 Å². The Morgan fingerprint density at radius 2 is 1.78 bits per heavy atom. The lowest BCUT2D eigenvalue weighted by Crippen LogP contribution is -2.08. The minimum Gasteiger partial charge on any atom is -0.378 e. The number of benzene rings is 2. The van der Waals surface area contributed by atoms with Gasteiger partial charge >= 0.3 is 0 Å². The van der Waals surface area contributed by atoms with Crippen LogP contribution in [0.3, 0.4) is 0 Å². The summed E-state index contributed by atoms with van der Waals surface area (Å²) >= 11 is 3.26. The molecule has 1 unspecified atom stereocenters. The van der Waals surface area contributed by atoms with E-state index in [0.717, 1.165) is 10.2 Å². The Balaban J connectivity index is 2.16. The van der Waals surface area contributed by atoms with Crippen molar-refractivity contribution in [3.8, 4) is 0 Å². The Hall–Kier alpha value is -1.35. The predicted molar refractivity (Wildman–Crippen MR) is 77.3 cm³/mol. The Morgan fingerprint density at radius 3 is 2.39 bits per heavy atom. The van der Waals surface area contributed by atoms with Crippen LogP contribution in [-0.4, -0.2) is 0 Å². The van der Waals surface area contributed by atoms with E-state index in [1.807, 2.05) is 44.2 Å². The van der Waals surface area contributed by atoms with Crippen molar-refractivity contribution in [2.75, 3.05) is 5.32 Å². The fraction of sp³-hybridized carbons (Fsp3) is 0.200. The van der Waals surface area contributed by atoms with E-state index in [1.165, 1.54) is 11.6 Å². The number of halogens is 2. The van der Waals surface area contributed by atoms with E-state index >= 15 is 0 Å². The van der Waals surface area contributed by atoms with Gasteiger partial charge in [-0.1, -0.05) is 39.7 Å². The topological polar surface area (TPSA) is 12.0 Å². The van der Waals surface area contributed by atoms with Gasteiger partial charge in [0.2, 0.25) is 0 Å². The van der Waals surface area contributed by atoms with Crippen LogP contribution in [0.1, 0.15) is 24.1 Å². The lowest BCUT2D eigenvalue weighted by atomic mass is 10.1. The minimum absolute atomic E-state index is 0.0687. The molecule has 0 bridgehead atoms. The van der Waals surface area contributed by atoms with Gasteiger partial charge in [-0.2, -0.15) is 0 Å². The number of rotatable bonds is 3. The summed E-state index contributed by atoms with van der Waals surface area (Å²) in [5, 5.41) is 3.29. The summed E-state index contributed by atoms with van der Waals surface area (Å²) in [6.45, 7) is 3.99. The molecule has 2 aromatic carbocycles. The molecule has 0 aliphatic heterocycles. The summed E-state index contributed by atoms with van der Waals surface area (Å²) in [5.41, 5.74) is 2.87. The standard InChI is InChI=1S/C15H15BrFN/c1-10-3-6-13(7-4-10)18-11(2)14-8-5-12(16)9-15(14)17/h3-9,11,18H,1-2H3. The van der Waals surface area contributed by atoms with Crippen molar-refractivity contribution in [3.63, 3.8) is 0 Å². The maximum atomic E-state index is 13.8. The van der Waals surface area contributed by atoms with Gasteiger partial charge in [-0.15, -0.1) is 0 Å². The van der Waals surface area contributed by atoms with Gasteiger partial charge in [0, 0.05) is 15.7 Å². The summed E-state index contributed by atoms with van der Waals surface area (Å²) in [6.07, 6.45) is 0. The van der Waals surface area contributed by atoms with Crippen molar-refractivity contribution >= 4 is 21.6 Å². The molecule has 0 heterocycles. The molecule has 0 aromatic heterocycles. The van der Waals surface area contributed by atoms with E-state index in [4.69, 9.17) is 0 Å². The summed E-state index contributed by atoms with van der Waals surface area (Å²) in [6, 6.07) is 13.1. The number of nitrogens with one attached hydrogen (secondary N) is 1. The number of anilines is 1. The van der Waals surface area contributed by atoms with Gasteiger partial charge in [0.25, 0.3) is 0 Å². The molecule has 0 saturated heterocycles. The van der Waals surface area contributed by atoms with E-state index in [-0.39, 0.29) is 11.9 Å². The van der Waals surface area contributed by atoms with Crippen LogP contribution in [0.5, 0.6) is 0 Å². The SMILES string of the molecule is Cc1ccc(NC(C)c2ccc(Br)cc2F)cc1.